The van der Waals surface area contributed by atoms with Crippen molar-refractivity contribution in [3.8, 4) is 0 Å². The lowest BCUT2D eigenvalue weighted by molar-refractivity contribution is -0.141. The summed E-state index contributed by atoms with van der Waals surface area (Å²) in [6.45, 7) is 3.85. The molecule has 1 aromatic carbocycles. The summed E-state index contributed by atoms with van der Waals surface area (Å²) in [5, 5.41) is 0.880. The molecule has 0 amide bonds. The van der Waals surface area contributed by atoms with Gasteiger partial charge >= 0.3 is 5.97 Å². The van der Waals surface area contributed by atoms with Crippen LogP contribution in [0.5, 0.6) is 0 Å². The van der Waals surface area contributed by atoms with Gasteiger partial charge in [-0.15, -0.1) is 0 Å². The van der Waals surface area contributed by atoms with E-state index in [0.29, 0.717) is 5.56 Å². The van der Waals surface area contributed by atoms with Crippen molar-refractivity contribution in [2.75, 3.05) is 7.11 Å². The minimum Gasteiger partial charge on any atom is -0.468 e. The lowest BCUT2D eigenvalue weighted by Crippen LogP contribution is -2.11. The molecule has 0 atom stereocenters. The fourth-order valence-corrected chi connectivity index (χ4v) is 2.09. The van der Waals surface area contributed by atoms with Crippen LogP contribution in [0.25, 0.3) is 10.9 Å². The molecule has 0 bridgehead atoms. The second kappa shape index (κ2) is 5.26. The summed E-state index contributed by atoms with van der Waals surface area (Å²) in [7, 11) is 1.36. The van der Waals surface area contributed by atoms with Crippen LogP contribution in [-0.2, 0) is 16.1 Å². The molecule has 0 radical (unpaired) electrons. The number of carbonyl (C=O) groups is 2. The Hall–Kier alpha value is -2.10. The molecule has 0 unspecified atom stereocenters. The van der Waals surface area contributed by atoms with Crippen molar-refractivity contribution in [3.05, 3.63) is 36.0 Å². The molecular weight excluding hydrogens is 242 g/mol. The van der Waals surface area contributed by atoms with Gasteiger partial charge in [0.15, 0.2) is 5.78 Å². The van der Waals surface area contributed by atoms with E-state index in [0.717, 1.165) is 10.9 Å². The maximum Gasteiger partial charge on any atom is 0.325 e. The number of ketones is 1. The number of nitrogens with zero attached hydrogens (tertiary/aromatic N) is 1. The molecule has 19 heavy (non-hydrogen) atoms. The van der Waals surface area contributed by atoms with Crippen molar-refractivity contribution < 1.29 is 14.3 Å². The second-order valence-corrected chi connectivity index (χ2v) is 4.78. The number of rotatable bonds is 4. The Morgan fingerprint density at radius 3 is 2.58 bits per heavy atom. The highest BCUT2D eigenvalue weighted by Crippen LogP contribution is 2.23. The Morgan fingerprint density at radius 2 is 1.95 bits per heavy atom. The van der Waals surface area contributed by atoms with Gasteiger partial charge in [-0.2, -0.15) is 0 Å². The van der Waals surface area contributed by atoms with E-state index in [4.69, 9.17) is 0 Å². The van der Waals surface area contributed by atoms with Crippen molar-refractivity contribution in [3.63, 3.8) is 0 Å². The largest absolute Gasteiger partial charge is 0.468 e. The zero-order valence-electron chi connectivity index (χ0n) is 11.3. The van der Waals surface area contributed by atoms with Crippen LogP contribution < -0.4 is 0 Å². The third-order valence-corrected chi connectivity index (χ3v) is 3.11. The number of esters is 1. The van der Waals surface area contributed by atoms with Gasteiger partial charge in [0.05, 0.1) is 7.11 Å². The molecular formula is C15H17NO3. The molecule has 100 valence electrons. The predicted molar refractivity (Wildman–Crippen MR) is 73.1 cm³/mol. The number of fused-ring (bicyclic) bond motifs is 1. The summed E-state index contributed by atoms with van der Waals surface area (Å²) in [6, 6.07) is 7.58. The van der Waals surface area contributed by atoms with Gasteiger partial charge in [0.2, 0.25) is 0 Å². The standard InChI is InChI=1S/C15H17NO3/c1-10(2)15(18)12-8-16(9-14(17)19-3)13-7-5-4-6-11(12)13/h4-8,10H,9H2,1-3H3. The Morgan fingerprint density at radius 1 is 1.26 bits per heavy atom. The van der Waals surface area contributed by atoms with Crippen LogP contribution in [0.1, 0.15) is 24.2 Å². The number of aromatic nitrogens is 1. The Kier molecular flexibility index (Phi) is 3.69. The number of hydrogen-bond donors (Lipinski definition) is 0. The van der Waals surface area contributed by atoms with Gasteiger partial charge in [-0.3, -0.25) is 9.59 Å². The molecule has 0 spiro atoms. The number of ether oxygens (including phenoxy) is 1. The van der Waals surface area contributed by atoms with E-state index < -0.39 is 0 Å². The first-order chi connectivity index (χ1) is 9.04. The number of para-hydroxylation sites is 1. The summed E-state index contributed by atoms with van der Waals surface area (Å²) < 4.78 is 6.44. The van der Waals surface area contributed by atoms with Gasteiger partial charge in [-0.05, 0) is 6.07 Å². The van der Waals surface area contributed by atoms with Crippen LogP contribution in [0.2, 0.25) is 0 Å². The number of methoxy groups -OCH3 is 1. The zero-order valence-corrected chi connectivity index (χ0v) is 11.3. The first-order valence-corrected chi connectivity index (χ1v) is 6.23. The topological polar surface area (TPSA) is 48.3 Å². The third kappa shape index (κ3) is 2.52. The van der Waals surface area contributed by atoms with Crippen molar-refractivity contribution >= 4 is 22.7 Å². The average molecular weight is 259 g/mol. The van der Waals surface area contributed by atoms with E-state index in [1.807, 2.05) is 38.1 Å². The van der Waals surface area contributed by atoms with Crippen molar-refractivity contribution in [2.24, 2.45) is 5.92 Å². The van der Waals surface area contributed by atoms with Gasteiger partial charge in [0, 0.05) is 28.6 Å². The number of carbonyl (C=O) groups excluding carboxylic acids is 2. The maximum absolute atomic E-state index is 12.2. The molecule has 0 fully saturated rings. The van der Waals surface area contributed by atoms with E-state index in [1.165, 1.54) is 7.11 Å². The fraction of sp³-hybridized carbons (Fsp3) is 0.333. The summed E-state index contributed by atoms with van der Waals surface area (Å²) in [5.41, 5.74) is 1.53. The molecule has 2 rings (SSSR count). The normalized spacial score (nSPS) is 10.9. The lowest BCUT2D eigenvalue weighted by atomic mass is 10.0. The molecule has 4 nitrogen and oxygen atoms in total. The minimum absolute atomic E-state index is 0.0719. The quantitative estimate of drug-likeness (QED) is 0.626. The van der Waals surface area contributed by atoms with Gasteiger partial charge < -0.3 is 9.30 Å². The summed E-state index contributed by atoms with van der Waals surface area (Å²) in [5.74, 6) is -0.318. The summed E-state index contributed by atoms with van der Waals surface area (Å²) in [6.07, 6.45) is 1.74. The zero-order chi connectivity index (χ0) is 14.0. The van der Waals surface area contributed by atoms with Crippen LogP contribution in [0, 0.1) is 5.92 Å². The van der Waals surface area contributed by atoms with Gasteiger partial charge in [0.25, 0.3) is 0 Å². The highest BCUT2D eigenvalue weighted by Gasteiger charge is 2.18. The maximum atomic E-state index is 12.2. The molecule has 2 aromatic rings. The van der Waals surface area contributed by atoms with Crippen LogP contribution in [0.3, 0.4) is 0 Å². The predicted octanol–water partition coefficient (Wildman–Crippen LogP) is 2.65. The van der Waals surface area contributed by atoms with Crippen LogP contribution in [0.15, 0.2) is 30.5 Å². The average Bonchev–Trinajstić information content (AvgIpc) is 2.76. The SMILES string of the molecule is COC(=O)Cn1cc(C(=O)C(C)C)c2ccccc21. The molecule has 0 aliphatic heterocycles. The monoisotopic (exact) mass is 259 g/mol. The van der Waals surface area contributed by atoms with Crippen LogP contribution >= 0.6 is 0 Å². The first kappa shape index (κ1) is 13.3. The van der Waals surface area contributed by atoms with Crippen molar-refractivity contribution in [1.29, 1.82) is 0 Å². The van der Waals surface area contributed by atoms with Gasteiger partial charge in [-0.1, -0.05) is 32.0 Å². The van der Waals surface area contributed by atoms with Gasteiger partial charge in [-0.25, -0.2) is 0 Å². The van der Waals surface area contributed by atoms with Crippen molar-refractivity contribution in [2.45, 2.75) is 20.4 Å². The van der Waals surface area contributed by atoms with Crippen LogP contribution in [0.4, 0.5) is 0 Å². The minimum atomic E-state index is -0.329. The molecule has 1 heterocycles. The molecule has 1 aromatic heterocycles. The van der Waals surface area contributed by atoms with Crippen LogP contribution in [-0.4, -0.2) is 23.4 Å². The number of hydrogen-bond acceptors (Lipinski definition) is 3. The van der Waals surface area contributed by atoms with E-state index in [-0.39, 0.29) is 24.2 Å². The third-order valence-electron chi connectivity index (χ3n) is 3.11. The highest BCUT2D eigenvalue weighted by atomic mass is 16.5. The van der Waals surface area contributed by atoms with E-state index >= 15 is 0 Å². The molecule has 0 N–H and O–H groups in total. The molecule has 4 heteroatoms. The summed E-state index contributed by atoms with van der Waals surface area (Å²) >= 11 is 0. The van der Waals surface area contributed by atoms with E-state index in [9.17, 15) is 9.59 Å². The van der Waals surface area contributed by atoms with Crippen molar-refractivity contribution in [1.82, 2.24) is 4.57 Å². The smallest absolute Gasteiger partial charge is 0.325 e. The molecule has 0 saturated carbocycles. The Bertz CT molecular complexity index is 625. The molecule has 0 aliphatic rings. The lowest BCUT2D eigenvalue weighted by Gasteiger charge is -2.02. The summed E-state index contributed by atoms with van der Waals surface area (Å²) in [4.78, 5) is 23.6. The molecule has 0 saturated heterocycles. The number of Topliss-reactive ketones (excluding diaryl/α,β-unsaturated/α-hetero) is 1. The van der Waals surface area contributed by atoms with E-state index in [1.54, 1.807) is 10.8 Å². The second-order valence-electron chi connectivity index (χ2n) is 4.78. The first-order valence-electron chi connectivity index (χ1n) is 6.23. The van der Waals surface area contributed by atoms with Gasteiger partial charge in [0.1, 0.15) is 6.54 Å². The fourth-order valence-electron chi connectivity index (χ4n) is 2.09. The Balaban J connectivity index is 2.54. The van der Waals surface area contributed by atoms with E-state index in [2.05, 4.69) is 4.74 Å². The number of benzene rings is 1. The molecule has 0 aliphatic carbocycles. The highest BCUT2D eigenvalue weighted by molar-refractivity contribution is 6.09. The Labute approximate surface area is 112 Å².